The first-order chi connectivity index (χ1) is 10.8. The molecular formula is C17H17N3O2. The molecule has 1 fully saturated rings. The van der Waals surface area contributed by atoms with Gasteiger partial charge in [-0.15, -0.1) is 0 Å². The van der Waals surface area contributed by atoms with Gasteiger partial charge in [0.15, 0.2) is 0 Å². The van der Waals surface area contributed by atoms with Crippen LogP contribution in [0.5, 0.6) is 0 Å². The Morgan fingerprint density at radius 1 is 1.32 bits per heavy atom. The van der Waals surface area contributed by atoms with Crippen LogP contribution in [-0.2, 0) is 4.74 Å². The van der Waals surface area contributed by atoms with Crippen molar-refractivity contribution in [2.75, 3.05) is 18.5 Å². The minimum atomic E-state index is 0.181. The molecule has 1 saturated heterocycles. The first-order valence-electron chi connectivity index (χ1n) is 7.34. The molecular weight excluding hydrogens is 278 g/mol. The Morgan fingerprint density at radius 3 is 2.91 bits per heavy atom. The van der Waals surface area contributed by atoms with Gasteiger partial charge in [0.1, 0.15) is 6.07 Å². The van der Waals surface area contributed by atoms with Crippen LogP contribution in [0.2, 0.25) is 0 Å². The van der Waals surface area contributed by atoms with Gasteiger partial charge >= 0.3 is 0 Å². The lowest BCUT2D eigenvalue weighted by molar-refractivity contribution is 0.120. The molecule has 1 N–H and O–H groups in total. The first kappa shape index (κ1) is 14.4. The topological polar surface area (TPSA) is 71.1 Å². The third-order valence-electron chi connectivity index (χ3n) is 3.48. The summed E-state index contributed by atoms with van der Waals surface area (Å²) < 4.78 is 11.1. The number of hydrogen-bond acceptors (Lipinski definition) is 5. The van der Waals surface area contributed by atoms with Gasteiger partial charge in [0.25, 0.3) is 0 Å². The zero-order valence-electron chi connectivity index (χ0n) is 12.2. The van der Waals surface area contributed by atoms with E-state index < -0.39 is 0 Å². The van der Waals surface area contributed by atoms with Crippen molar-refractivity contribution in [2.24, 2.45) is 0 Å². The van der Waals surface area contributed by atoms with Gasteiger partial charge in [-0.05, 0) is 24.5 Å². The number of nitrogens with one attached hydrogen (secondary N) is 1. The molecule has 1 aromatic carbocycles. The normalized spacial score (nSPS) is 17.7. The number of anilines is 1. The molecule has 5 nitrogen and oxygen atoms in total. The highest BCUT2D eigenvalue weighted by atomic mass is 16.5. The molecule has 1 aromatic heterocycles. The van der Waals surface area contributed by atoms with E-state index in [1.807, 2.05) is 42.5 Å². The molecule has 0 aliphatic carbocycles. The molecule has 2 heterocycles. The van der Waals surface area contributed by atoms with E-state index in [-0.39, 0.29) is 11.8 Å². The third kappa shape index (κ3) is 3.54. The van der Waals surface area contributed by atoms with Gasteiger partial charge in [-0.2, -0.15) is 10.2 Å². The average Bonchev–Trinajstić information content (AvgIpc) is 3.21. The minimum Gasteiger partial charge on any atom is -0.420 e. The fourth-order valence-electron chi connectivity index (χ4n) is 2.35. The Hall–Kier alpha value is -2.58. The highest BCUT2D eigenvalue weighted by Crippen LogP contribution is 2.20. The van der Waals surface area contributed by atoms with Crippen molar-refractivity contribution in [1.29, 1.82) is 5.26 Å². The molecule has 5 heteroatoms. The van der Waals surface area contributed by atoms with E-state index in [2.05, 4.69) is 10.3 Å². The third-order valence-corrected chi connectivity index (χ3v) is 3.48. The van der Waals surface area contributed by atoms with Gasteiger partial charge in [0.05, 0.1) is 6.10 Å². The van der Waals surface area contributed by atoms with E-state index in [1.165, 1.54) is 0 Å². The van der Waals surface area contributed by atoms with Crippen LogP contribution in [0.25, 0.3) is 12.2 Å². The van der Waals surface area contributed by atoms with E-state index in [0.29, 0.717) is 18.3 Å². The SMILES string of the molecule is N#Cc1nc(/C=C/c2ccccc2)oc1NC[C@@H]1CCCO1. The van der Waals surface area contributed by atoms with Crippen LogP contribution in [0.1, 0.15) is 30.0 Å². The standard InChI is InChI=1S/C17H17N3O2/c18-11-15-17(19-12-14-7-4-10-21-14)22-16(20-15)9-8-13-5-2-1-3-6-13/h1-3,5-6,8-9,14,19H,4,7,10,12H2/b9-8+/t14-/m0/s1. The number of nitriles is 1. The maximum absolute atomic E-state index is 9.14. The van der Waals surface area contributed by atoms with Gasteiger partial charge in [-0.25, -0.2) is 0 Å². The summed E-state index contributed by atoms with van der Waals surface area (Å²) in [7, 11) is 0. The summed E-state index contributed by atoms with van der Waals surface area (Å²) in [5.74, 6) is 0.820. The number of nitrogens with zero attached hydrogens (tertiary/aromatic N) is 2. The number of rotatable bonds is 5. The van der Waals surface area contributed by atoms with Crippen LogP contribution in [0.3, 0.4) is 0 Å². The second-order valence-corrected chi connectivity index (χ2v) is 5.10. The monoisotopic (exact) mass is 295 g/mol. The zero-order chi connectivity index (χ0) is 15.2. The van der Waals surface area contributed by atoms with Gasteiger partial charge in [-0.3, -0.25) is 0 Å². The zero-order valence-corrected chi connectivity index (χ0v) is 12.2. The summed E-state index contributed by atoms with van der Waals surface area (Å²) >= 11 is 0. The molecule has 0 saturated carbocycles. The lowest BCUT2D eigenvalue weighted by Crippen LogP contribution is -2.18. The largest absolute Gasteiger partial charge is 0.420 e. The minimum absolute atomic E-state index is 0.181. The number of oxazole rings is 1. The summed E-state index contributed by atoms with van der Waals surface area (Å²) in [6.07, 6.45) is 5.95. The van der Waals surface area contributed by atoms with Crippen molar-refractivity contribution in [3.05, 3.63) is 47.5 Å². The molecule has 0 amide bonds. The Morgan fingerprint density at radius 2 is 2.18 bits per heavy atom. The molecule has 112 valence electrons. The highest BCUT2D eigenvalue weighted by Gasteiger charge is 2.17. The van der Waals surface area contributed by atoms with Crippen molar-refractivity contribution in [2.45, 2.75) is 18.9 Å². The summed E-state index contributed by atoms with van der Waals surface area (Å²) in [5.41, 5.74) is 1.32. The van der Waals surface area contributed by atoms with E-state index in [0.717, 1.165) is 25.0 Å². The molecule has 0 spiro atoms. The van der Waals surface area contributed by atoms with Crippen LogP contribution in [0.4, 0.5) is 5.88 Å². The Labute approximate surface area is 129 Å². The van der Waals surface area contributed by atoms with E-state index >= 15 is 0 Å². The lowest BCUT2D eigenvalue weighted by Gasteiger charge is -2.09. The fourth-order valence-corrected chi connectivity index (χ4v) is 2.35. The molecule has 0 unspecified atom stereocenters. The van der Waals surface area contributed by atoms with Crippen molar-refractivity contribution in [1.82, 2.24) is 4.98 Å². The summed E-state index contributed by atoms with van der Waals surface area (Å²) in [4.78, 5) is 4.17. The smallest absolute Gasteiger partial charge is 0.232 e. The van der Waals surface area contributed by atoms with Gasteiger partial charge < -0.3 is 14.5 Å². The molecule has 0 bridgehead atoms. The van der Waals surface area contributed by atoms with Crippen molar-refractivity contribution in [3.63, 3.8) is 0 Å². The molecule has 2 aromatic rings. The predicted molar refractivity (Wildman–Crippen MR) is 84.1 cm³/mol. The van der Waals surface area contributed by atoms with Crippen LogP contribution in [0, 0.1) is 11.3 Å². The molecule has 0 radical (unpaired) electrons. The van der Waals surface area contributed by atoms with Crippen molar-refractivity contribution >= 4 is 18.0 Å². The molecule has 1 aliphatic heterocycles. The summed E-state index contributed by atoms with van der Waals surface area (Å²) in [5, 5.41) is 12.3. The first-order valence-corrected chi connectivity index (χ1v) is 7.34. The summed E-state index contributed by atoms with van der Waals surface area (Å²) in [6.45, 7) is 1.44. The van der Waals surface area contributed by atoms with E-state index in [4.69, 9.17) is 14.4 Å². The Balaban J connectivity index is 1.68. The fraction of sp³-hybridized carbons (Fsp3) is 0.294. The number of ether oxygens (including phenoxy) is 1. The Bertz CT molecular complexity index is 680. The Kier molecular flexibility index (Phi) is 4.52. The molecule has 3 rings (SSSR count). The van der Waals surface area contributed by atoms with Crippen LogP contribution in [0.15, 0.2) is 34.7 Å². The highest BCUT2D eigenvalue weighted by molar-refractivity contribution is 5.67. The molecule has 1 aliphatic rings. The quantitative estimate of drug-likeness (QED) is 0.916. The maximum Gasteiger partial charge on any atom is 0.232 e. The van der Waals surface area contributed by atoms with Gasteiger partial charge in [0.2, 0.25) is 17.5 Å². The van der Waals surface area contributed by atoms with Crippen molar-refractivity contribution < 1.29 is 9.15 Å². The maximum atomic E-state index is 9.14. The van der Waals surface area contributed by atoms with Crippen LogP contribution < -0.4 is 5.32 Å². The lowest BCUT2D eigenvalue weighted by atomic mass is 10.2. The predicted octanol–water partition coefficient (Wildman–Crippen LogP) is 3.31. The average molecular weight is 295 g/mol. The van der Waals surface area contributed by atoms with Crippen LogP contribution >= 0.6 is 0 Å². The van der Waals surface area contributed by atoms with Gasteiger partial charge in [-0.1, -0.05) is 30.3 Å². The number of aromatic nitrogens is 1. The molecule has 1 atom stereocenters. The second-order valence-electron chi connectivity index (χ2n) is 5.10. The van der Waals surface area contributed by atoms with Crippen molar-refractivity contribution in [3.8, 4) is 6.07 Å². The molecule has 22 heavy (non-hydrogen) atoms. The van der Waals surface area contributed by atoms with Gasteiger partial charge in [0, 0.05) is 19.2 Å². The van der Waals surface area contributed by atoms with Crippen LogP contribution in [-0.4, -0.2) is 24.2 Å². The number of benzene rings is 1. The van der Waals surface area contributed by atoms with E-state index in [9.17, 15) is 0 Å². The second kappa shape index (κ2) is 6.92. The number of hydrogen-bond donors (Lipinski definition) is 1. The van der Waals surface area contributed by atoms with E-state index in [1.54, 1.807) is 6.08 Å². The summed E-state index contributed by atoms with van der Waals surface area (Å²) in [6, 6.07) is 11.9.